The Morgan fingerprint density at radius 2 is 1.78 bits per heavy atom. The Morgan fingerprint density at radius 3 is 2.48 bits per heavy atom. The molecule has 2 aromatic carbocycles. The van der Waals surface area contributed by atoms with Gasteiger partial charge < -0.3 is 14.2 Å². The van der Waals surface area contributed by atoms with Gasteiger partial charge in [0.25, 0.3) is 0 Å². The highest BCUT2D eigenvalue weighted by Gasteiger charge is 2.18. The Hall–Kier alpha value is -3.34. The Kier molecular flexibility index (Phi) is 6.41. The molecule has 1 aliphatic rings. The average Bonchev–Trinajstić information content (AvgIpc) is 2.74. The third-order valence-corrected chi connectivity index (χ3v) is 3.97. The van der Waals surface area contributed by atoms with Crippen molar-refractivity contribution >= 4 is 5.78 Å². The molecule has 0 atom stereocenters. The van der Waals surface area contributed by atoms with Crippen LogP contribution < -0.4 is 14.2 Å². The third-order valence-electron chi connectivity index (χ3n) is 3.97. The number of fused-ring (bicyclic) bond motifs is 1. The van der Waals surface area contributed by atoms with Gasteiger partial charge in [-0.3, -0.25) is 9.78 Å². The predicted molar refractivity (Wildman–Crippen MR) is 102 cm³/mol. The number of rotatable bonds is 4. The minimum atomic E-state index is 0.127. The highest BCUT2D eigenvalue weighted by molar-refractivity contribution is 5.99. The fraction of sp³-hybridized carbons (Fsp3) is 0.182. The summed E-state index contributed by atoms with van der Waals surface area (Å²) >= 11 is 0. The van der Waals surface area contributed by atoms with Crippen LogP contribution in [0, 0.1) is 0 Å². The molecule has 1 aliphatic heterocycles. The third kappa shape index (κ3) is 5.31. The van der Waals surface area contributed by atoms with E-state index in [0.29, 0.717) is 36.7 Å². The molecular weight excluding hydrogens is 342 g/mol. The van der Waals surface area contributed by atoms with E-state index >= 15 is 0 Å². The minimum Gasteiger partial charge on any atom is -0.497 e. The van der Waals surface area contributed by atoms with Crippen LogP contribution in [0.15, 0.2) is 73.1 Å². The van der Waals surface area contributed by atoms with Crippen LogP contribution >= 0.6 is 0 Å². The SMILES string of the molecule is COc1ccccc1.O=C1CCOc2cc(OCc3ccncc3)ccc21. The molecule has 0 fully saturated rings. The number of aromatic nitrogens is 1. The zero-order valence-electron chi connectivity index (χ0n) is 15.1. The van der Waals surface area contributed by atoms with Gasteiger partial charge in [0.2, 0.25) is 0 Å². The number of Topliss-reactive ketones (excluding diaryl/α,β-unsaturated/α-hetero) is 1. The van der Waals surface area contributed by atoms with Gasteiger partial charge in [-0.15, -0.1) is 0 Å². The predicted octanol–water partition coefficient (Wildman–Crippen LogP) is 4.32. The van der Waals surface area contributed by atoms with Gasteiger partial charge in [0.05, 0.1) is 19.3 Å². The van der Waals surface area contributed by atoms with Crippen molar-refractivity contribution in [2.75, 3.05) is 13.7 Å². The van der Waals surface area contributed by atoms with Crippen molar-refractivity contribution in [2.24, 2.45) is 0 Å². The van der Waals surface area contributed by atoms with Crippen LogP contribution in [0.4, 0.5) is 0 Å². The molecule has 5 nitrogen and oxygen atoms in total. The fourth-order valence-corrected chi connectivity index (χ4v) is 2.53. The van der Waals surface area contributed by atoms with Crippen LogP contribution in [-0.4, -0.2) is 24.5 Å². The fourth-order valence-electron chi connectivity index (χ4n) is 2.53. The Bertz CT molecular complexity index is 866. The number of pyridine rings is 1. The highest BCUT2D eigenvalue weighted by atomic mass is 16.5. The Morgan fingerprint density at radius 1 is 1.00 bits per heavy atom. The topological polar surface area (TPSA) is 57.7 Å². The van der Waals surface area contributed by atoms with E-state index in [0.717, 1.165) is 11.3 Å². The van der Waals surface area contributed by atoms with Crippen LogP contribution in [0.1, 0.15) is 22.3 Å². The van der Waals surface area contributed by atoms with E-state index in [1.54, 1.807) is 37.7 Å². The number of hydrogen-bond acceptors (Lipinski definition) is 5. The Labute approximate surface area is 158 Å². The molecule has 0 unspecified atom stereocenters. The molecule has 0 N–H and O–H groups in total. The summed E-state index contributed by atoms with van der Waals surface area (Å²) in [5.74, 6) is 2.35. The molecule has 27 heavy (non-hydrogen) atoms. The van der Waals surface area contributed by atoms with E-state index in [1.165, 1.54) is 0 Å². The first kappa shape index (κ1) is 18.5. The molecule has 4 rings (SSSR count). The number of carbonyl (C=O) groups excluding carboxylic acids is 1. The monoisotopic (exact) mass is 363 g/mol. The molecule has 0 aliphatic carbocycles. The molecule has 1 aromatic heterocycles. The second kappa shape index (κ2) is 9.38. The quantitative estimate of drug-likeness (QED) is 0.691. The summed E-state index contributed by atoms with van der Waals surface area (Å²) in [5, 5.41) is 0. The number of ketones is 1. The lowest BCUT2D eigenvalue weighted by Crippen LogP contribution is -2.15. The molecule has 0 amide bonds. The zero-order valence-corrected chi connectivity index (χ0v) is 15.1. The molecule has 0 spiro atoms. The van der Waals surface area contributed by atoms with Gasteiger partial charge in [-0.05, 0) is 42.0 Å². The molecule has 0 radical (unpaired) electrons. The maximum absolute atomic E-state index is 11.6. The van der Waals surface area contributed by atoms with Crippen LogP contribution in [0.5, 0.6) is 17.2 Å². The van der Waals surface area contributed by atoms with Crippen molar-refractivity contribution in [2.45, 2.75) is 13.0 Å². The van der Waals surface area contributed by atoms with Crippen LogP contribution in [0.25, 0.3) is 0 Å². The first-order valence-electron chi connectivity index (χ1n) is 8.67. The van der Waals surface area contributed by atoms with Crippen molar-refractivity contribution < 1.29 is 19.0 Å². The second-order valence-electron chi connectivity index (χ2n) is 5.84. The number of ether oxygens (including phenoxy) is 3. The summed E-state index contributed by atoms with van der Waals surface area (Å²) < 4.78 is 16.1. The Balaban J connectivity index is 0.000000221. The lowest BCUT2D eigenvalue weighted by Gasteiger charge is -2.17. The van der Waals surface area contributed by atoms with Crippen LogP contribution in [0.3, 0.4) is 0 Å². The van der Waals surface area contributed by atoms with E-state index in [4.69, 9.17) is 14.2 Å². The standard InChI is InChI=1S/C15H13NO3.C7H8O/c17-14-5-8-18-15-9-12(1-2-13(14)15)19-10-11-3-6-16-7-4-11;1-8-7-5-3-2-4-6-7/h1-4,6-7,9H,5,8,10H2;2-6H,1H3. The van der Waals surface area contributed by atoms with E-state index in [1.807, 2.05) is 42.5 Å². The van der Waals surface area contributed by atoms with Gasteiger partial charge in [-0.1, -0.05) is 18.2 Å². The summed E-state index contributed by atoms with van der Waals surface area (Å²) in [6, 6.07) is 18.8. The smallest absolute Gasteiger partial charge is 0.169 e. The summed E-state index contributed by atoms with van der Waals surface area (Å²) in [6.45, 7) is 0.912. The maximum atomic E-state index is 11.6. The number of nitrogens with zero attached hydrogens (tertiary/aromatic N) is 1. The molecule has 138 valence electrons. The number of carbonyl (C=O) groups is 1. The molecule has 3 aromatic rings. The molecule has 5 heteroatoms. The van der Waals surface area contributed by atoms with Crippen LogP contribution in [-0.2, 0) is 6.61 Å². The number of hydrogen-bond donors (Lipinski definition) is 0. The number of benzene rings is 2. The first-order valence-corrected chi connectivity index (χ1v) is 8.67. The summed E-state index contributed by atoms with van der Waals surface area (Å²) in [5.41, 5.74) is 1.69. The van der Waals surface area contributed by atoms with Gasteiger partial charge >= 0.3 is 0 Å². The molecule has 0 saturated carbocycles. The van der Waals surface area contributed by atoms with Crippen molar-refractivity contribution in [3.05, 3.63) is 84.2 Å². The normalized spacial score (nSPS) is 12.1. The largest absolute Gasteiger partial charge is 0.497 e. The maximum Gasteiger partial charge on any atom is 0.169 e. The van der Waals surface area contributed by atoms with Crippen molar-refractivity contribution in [1.82, 2.24) is 4.98 Å². The lowest BCUT2D eigenvalue weighted by molar-refractivity contribution is 0.0933. The second-order valence-corrected chi connectivity index (χ2v) is 5.84. The average molecular weight is 363 g/mol. The molecule has 0 bridgehead atoms. The summed E-state index contributed by atoms with van der Waals surface area (Å²) in [4.78, 5) is 15.6. The van der Waals surface area contributed by atoms with Crippen molar-refractivity contribution in [3.63, 3.8) is 0 Å². The van der Waals surface area contributed by atoms with Gasteiger partial charge in [0.1, 0.15) is 23.9 Å². The number of methoxy groups -OCH3 is 1. The van der Waals surface area contributed by atoms with Crippen molar-refractivity contribution in [1.29, 1.82) is 0 Å². The van der Waals surface area contributed by atoms with E-state index in [2.05, 4.69) is 4.98 Å². The summed E-state index contributed by atoms with van der Waals surface area (Å²) in [6.07, 6.45) is 3.91. The molecule has 0 saturated heterocycles. The van der Waals surface area contributed by atoms with E-state index in [-0.39, 0.29) is 5.78 Å². The highest BCUT2D eigenvalue weighted by Crippen LogP contribution is 2.29. The zero-order chi connectivity index (χ0) is 18.9. The van der Waals surface area contributed by atoms with Crippen LogP contribution in [0.2, 0.25) is 0 Å². The molecule has 2 heterocycles. The summed E-state index contributed by atoms with van der Waals surface area (Å²) in [7, 11) is 1.66. The van der Waals surface area contributed by atoms with E-state index in [9.17, 15) is 4.79 Å². The van der Waals surface area contributed by atoms with E-state index < -0.39 is 0 Å². The van der Waals surface area contributed by atoms with Gasteiger partial charge in [-0.2, -0.15) is 0 Å². The minimum absolute atomic E-state index is 0.127. The lowest BCUT2D eigenvalue weighted by atomic mass is 10.1. The van der Waals surface area contributed by atoms with Gasteiger partial charge in [0.15, 0.2) is 5.78 Å². The van der Waals surface area contributed by atoms with Gasteiger partial charge in [-0.25, -0.2) is 0 Å². The van der Waals surface area contributed by atoms with Gasteiger partial charge in [0, 0.05) is 24.9 Å². The first-order chi connectivity index (χ1) is 13.3. The number of para-hydroxylation sites is 1. The molecular formula is C22H21NO4. The van der Waals surface area contributed by atoms with Crippen molar-refractivity contribution in [3.8, 4) is 17.2 Å².